The Morgan fingerprint density at radius 2 is 1.93 bits per heavy atom. The number of anilines is 1. The smallest absolute Gasteiger partial charge is 0.324 e. The second kappa shape index (κ2) is 8.41. The highest BCUT2D eigenvalue weighted by atomic mass is 32.2. The van der Waals surface area contributed by atoms with Gasteiger partial charge >= 0.3 is 5.97 Å². The van der Waals surface area contributed by atoms with E-state index >= 15 is 0 Å². The molecule has 1 aliphatic rings. The molecule has 1 atom stereocenters. The van der Waals surface area contributed by atoms with Crippen LogP contribution in [0.25, 0.3) is 0 Å². The molecule has 9 nitrogen and oxygen atoms in total. The fourth-order valence-electron chi connectivity index (χ4n) is 2.55. The molecule has 1 heterocycles. The molecule has 0 fully saturated rings. The summed E-state index contributed by atoms with van der Waals surface area (Å²) < 4.78 is 36.8. The molecule has 3 rings (SSSR count). The van der Waals surface area contributed by atoms with Crippen molar-refractivity contribution in [2.24, 2.45) is 0 Å². The lowest BCUT2D eigenvalue weighted by atomic mass is 10.1. The molecular formula is C19H18N2O7S. The lowest BCUT2D eigenvalue weighted by molar-refractivity contribution is -0.144. The predicted molar refractivity (Wildman–Crippen MR) is 102 cm³/mol. The predicted octanol–water partition coefficient (Wildman–Crippen LogP) is 1.11. The molecule has 0 unspecified atom stereocenters. The number of sulfonamides is 1. The number of ether oxygens (including phenoxy) is 2. The third-order valence-corrected chi connectivity index (χ3v) is 5.58. The maximum atomic E-state index is 12.3. The van der Waals surface area contributed by atoms with Crippen LogP contribution in [0.15, 0.2) is 53.4 Å². The zero-order chi connectivity index (χ0) is 21.0. The van der Waals surface area contributed by atoms with Gasteiger partial charge in [0.2, 0.25) is 10.0 Å². The Hall–Kier alpha value is -3.24. The highest BCUT2D eigenvalue weighted by molar-refractivity contribution is 7.89. The number of amides is 1. The second-order valence-electron chi connectivity index (χ2n) is 6.23. The van der Waals surface area contributed by atoms with Crippen LogP contribution in [0, 0.1) is 0 Å². The third-order valence-electron chi connectivity index (χ3n) is 4.02. The van der Waals surface area contributed by atoms with Gasteiger partial charge < -0.3 is 14.8 Å². The molecule has 2 aromatic carbocycles. The van der Waals surface area contributed by atoms with E-state index in [1.54, 1.807) is 18.2 Å². The van der Waals surface area contributed by atoms with Crippen LogP contribution in [-0.2, 0) is 24.3 Å². The van der Waals surface area contributed by atoms with E-state index in [0.717, 1.165) is 0 Å². The second-order valence-corrected chi connectivity index (χ2v) is 7.95. The Morgan fingerprint density at radius 3 is 2.66 bits per heavy atom. The van der Waals surface area contributed by atoms with E-state index in [4.69, 9.17) is 9.47 Å². The lowest BCUT2D eigenvalue weighted by Gasteiger charge is -2.18. The molecule has 0 bridgehead atoms. The van der Waals surface area contributed by atoms with Crippen LogP contribution in [0.5, 0.6) is 5.75 Å². The van der Waals surface area contributed by atoms with Crippen LogP contribution in [0.4, 0.5) is 5.69 Å². The van der Waals surface area contributed by atoms with E-state index in [1.807, 2.05) is 0 Å². The molecule has 1 amide bonds. The SMILES string of the molecule is C[C@H](NS(=O)(=O)c1ccccc1)C(=O)OCC(=O)c1ccc2c(c1)NC(=O)CO2. The summed E-state index contributed by atoms with van der Waals surface area (Å²) in [7, 11) is -3.90. The van der Waals surface area contributed by atoms with E-state index in [1.165, 1.54) is 37.3 Å². The van der Waals surface area contributed by atoms with E-state index in [-0.39, 0.29) is 23.0 Å². The maximum Gasteiger partial charge on any atom is 0.324 e. The molecule has 10 heteroatoms. The van der Waals surface area contributed by atoms with Crippen molar-refractivity contribution < 1.29 is 32.3 Å². The van der Waals surface area contributed by atoms with E-state index in [9.17, 15) is 22.8 Å². The van der Waals surface area contributed by atoms with Crippen molar-refractivity contribution in [1.29, 1.82) is 0 Å². The third kappa shape index (κ3) is 4.98. The normalized spacial score (nSPS) is 14.2. The summed E-state index contributed by atoms with van der Waals surface area (Å²) >= 11 is 0. The number of carbonyl (C=O) groups is 3. The topological polar surface area (TPSA) is 128 Å². The van der Waals surface area contributed by atoms with Crippen molar-refractivity contribution in [3.63, 3.8) is 0 Å². The molecule has 0 aromatic heterocycles. The first-order chi connectivity index (χ1) is 13.8. The molecule has 0 aliphatic carbocycles. The average molecular weight is 418 g/mol. The minimum Gasteiger partial charge on any atom is -0.482 e. The van der Waals surface area contributed by atoms with Gasteiger partial charge in [0.1, 0.15) is 11.8 Å². The van der Waals surface area contributed by atoms with Gasteiger partial charge in [-0.1, -0.05) is 18.2 Å². The van der Waals surface area contributed by atoms with Gasteiger partial charge in [0.25, 0.3) is 5.91 Å². The molecular weight excluding hydrogens is 400 g/mol. The van der Waals surface area contributed by atoms with Crippen LogP contribution >= 0.6 is 0 Å². The Bertz CT molecular complexity index is 1050. The minimum absolute atomic E-state index is 0.00838. The average Bonchev–Trinajstić information content (AvgIpc) is 2.71. The quantitative estimate of drug-likeness (QED) is 0.509. The maximum absolute atomic E-state index is 12.3. The van der Waals surface area contributed by atoms with Crippen molar-refractivity contribution >= 4 is 33.4 Å². The highest BCUT2D eigenvalue weighted by Crippen LogP contribution is 2.28. The Balaban J connectivity index is 1.58. The Morgan fingerprint density at radius 1 is 1.21 bits per heavy atom. The Labute approximate surface area is 167 Å². The number of ketones is 1. The fraction of sp³-hybridized carbons (Fsp3) is 0.211. The first-order valence-corrected chi connectivity index (χ1v) is 10.1. The van der Waals surface area contributed by atoms with Crippen molar-refractivity contribution in [1.82, 2.24) is 4.72 Å². The van der Waals surface area contributed by atoms with Crippen LogP contribution < -0.4 is 14.8 Å². The van der Waals surface area contributed by atoms with Crippen molar-refractivity contribution in [2.75, 3.05) is 18.5 Å². The first kappa shape index (κ1) is 20.5. The molecule has 152 valence electrons. The van der Waals surface area contributed by atoms with E-state index in [0.29, 0.717) is 11.4 Å². The van der Waals surface area contributed by atoms with Crippen LogP contribution in [0.2, 0.25) is 0 Å². The Kier molecular flexibility index (Phi) is 5.95. The van der Waals surface area contributed by atoms with Gasteiger partial charge in [-0.25, -0.2) is 8.42 Å². The zero-order valence-electron chi connectivity index (χ0n) is 15.4. The first-order valence-electron chi connectivity index (χ1n) is 8.60. The molecule has 29 heavy (non-hydrogen) atoms. The molecule has 0 saturated carbocycles. The highest BCUT2D eigenvalue weighted by Gasteiger charge is 2.24. The molecule has 0 spiro atoms. The summed E-state index contributed by atoms with van der Waals surface area (Å²) in [5.41, 5.74) is 0.558. The number of Topliss-reactive ketones (excluding diaryl/α,β-unsaturated/α-hetero) is 1. The molecule has 2 aromatic rings. The number of rotatable bonds is 7. The van der Waals surface area contributed by atoms with Crippen molar-refractivity contribution in [3.05, 3.63) is 54.1 Å². The van der Waals surface area contributed by atoms with E-state index in [2.05, 4.69) is 10.0 Å². The van der Waals surface area contributed by atoms with Crippen LogP contribution in [0.3, 0.4) is 0 Å². The monoisotopic (exact) mass is 418 g/mol. The van der Waals surface area contributed by atoms with Gasteiger partial charge in [0.15, 0.2) is 19.0 Å². The number of esters is 1. The largest absolute Gasteiger partial charge is 0.482 e. The summed E-state index contributed by atoms with van der Waals surface area (Å²) in [4.78, 5) is 35.7. The van der Waals surface area contributed by atoms with Crippen LogP contribution in [-0.4, -0.2) is 45.3 Å². The van der Waals surface area contributed by atoms with Gasteiger partial charge in [0.05, 0.1) is 10.6 Å². The van der Waals surface area contributed by atoms with Gasteiger partial charge in [-0.05, 0) is 37.3 Å². The molecule has 2 N–H and O–H groups in total. The lowest BCUT2D eigenvalue weighted by Crippen LogP contribution is -2.40. The van der Waals surface area contributed by atoms with Gasteiger partial charge in [-0.2, -0.15) is 4.72 Å². The number of hydrogen-bond donors (Lipinski definition) is 2. The van der Waals surface area contributed by atoms with Crippen molar-refractivity contribution in [3.8, 4) is 5.75 Å². The van der Waals surface area contributed by atoms with Gasteiger partial charge in [-0.15, -0.1) is 0 Å². The van der Waals surface area contributed by atoms with Gasteiger partial charge in [-0.3, -0.25) is 14.4 Å². The summed E-state index contributed by atoms with van der Waals surface area (Å²) in [6, 6.07) is 10.8. The van der Waals surface area contributed by atoms with E-state index < -0.39 is 34.4 Å². The van der Waals surface area contributed by atoms with Crippen LogP contribution in [0.1, 0.15) is 17.3 Å². The summed E-state index contributed by atoms with van der Waals surface area (Å²) in [5.74, 6) is -1.32. The number of fused-ring (bicyclic) bond motifs is 1. The number of hydrogen-bond acceptors (Lipinski definition) is 7. The minimum atomic E-state index is -3.90. The summed E-state index contributed by atoms with van der Waals surface area (Å²) in [6.45, 7) is 0.636. The summed E-state index contributed by atoms with van der Waals surface area (Å²) in [5, 5.41) is 2.58. The number of carbonyl (C=O) groups excluding carboxylic acids is 3. The summed E-state index contributed by atoms with van der Waals surface area (Å²) in [6.07, 6.45) is 0. The number of nitrogens with one attached hydrogen (secondary N) is 2. The fourth-order valence-corrected chi connectivity index (χ4v) is 3.76. The molecule has 1 aliphatic heterocycles. The molecule has 0 saturated heterocycles. The molecule has 0 radical (unpaired) electrons. The number of benzene rings is 2. The van der Waals surface area contributed by atoms with Gasteiger partial charge in [0, 0.05) is 5.56 Å². The standard InChI is InChI=1S/C19H18N2O7S/c1-12(21-29(25,26)14-5-3-2-4-6-14)19(24)28-10-16(22)13-7-8-17-15(9-13)20-18(23)11-27-17/h2-9,12,21H,10-11H2,1H3,(H,20,23)/t12-/m0/s1. The zero-order valence-corrected chi connectivity index (χ0v) is 16.2. The van der Waals surface area contributed by atoms with Crippen molar-refractivity contribution in [2.45, 2.75) is 17.9 Å².